The van der Waals surface area contributed by atoms with Gasteiger partial charge in [0, 0.05) is 5.69 Å². The van der Waals surface area contributed by atoms with Gasteiger partial charge in [-0.05, 0) is 36.2 Å². The summed E-state index contributed by atoms with van der Waals surface area (Å²) in [7, 11) is 1.27. The second-order valence-corrected chi connectivity index (χ2v) is 5.37. The van der Waals surface area contributed by atoms with Crippen molar-refractivity contribution in [2.45, 2.75) is 26.1 Å². The van der Waals surface area contributed by atoms with Crippen LogP contribution in [0.4, 0.5) is 14.9 Å². The number of hydrogen-bond acceptors (Lipinski definition) is 5. The molecule has 0 aliphatic carbocycles. The Bertz CT molecular complexity index is 748. The van der Waals surface area contributed by atoms with Gasteiger partial charge in [-0.2, -0.15) is 0 Å². The summed E-state index contributed by atoms with van der Waals surface area (Å²) in [6.07, 6.45) is -0.709. The molecule has 2 aliphatic rings. The van der Waals surface area contributed by atoms with Crippen LogP contribution in [0, 0.1) is 5.82 Å². The molecule has 138 valence electrons. The minimum atomic E-state index is -0.758. The molecule has 1 N–H and O–H groups in total. The summed E-state index contributed by atoms with van der Waals surface area (Å²) in [6, 6.07) is 13.5. The van der Waals surface area contributed by atoms with Gasteiger partial charge in [0.2, 0.25) is 0 Å². The molecule has 2 aromatic carbocycles. The van der Waals surface area contributed by atoms with E-state index in [9.17, 15) is 14.0 Å². The summed E-state index contributed by atoms with van der Waals surface area (Å²) >= 11 is 0. The third-order valence-electron chi connectivity index (χ3n) is 3.51. The van der Waals surface area contributed by atoms with Gasteiger partial charge in [0.25, 0.3) is 0 Å². The number of para-hydroxylation sites is 1. The molecular weight excluding hydrogens is 341 g/mol. The predicted octanol–water partition coefficient (Wildman–Crippen LogP) is 3.90. The van der Waals surface area contributed by atoms with Crippen molar-refractivity contribution >= 4 is 17.7 Å². The number of nitrogens with one attached hydrogen (secondary N) is 1. The standard InChI is InChI=1S/C11H13FO3.C8H7NO2/c1-3-9(11(13)14-2)15-10-7-5-4-6-8(10)12;10-8-9-7-3-1-6(2-4-7)5-11-8/h4-7,9H,3H2,1-2H3;1-4H,5H2,(H,9,10). The maximum atomic E-state index is 13.2. The Balaban J connectivity index is 0.000000195. The maximum absolute atomic E-state index is 13.2. The largest absolute Gasteiger partial charge is 0.476 e. The summed E-state index contributed by atoms with van der Waals surface area (Å²) in [5, 5.41) is 2.58. The van der Waals surface area contributed by atoms with Gasteiger partial charge in [0.1, 0.15) is 6.61 Å². The lowest BCUT2D eigenvalue weighted by atomic mass is 10.2. The summed E-state index contributed by atoms with van der Waals surface area (Å²) in [4.78, 5) is 22.0. The van der Waals surface area contributed by atoms with E-state index in [1.54, 1.807) is 19.1 Å². The van der Waals surface area contributed by atoms with Gasteiger partial charge in [0.05, 0.1) is 7.11 Å². The summed E-state index contributed by atoms with van der Waals surface area (Å²) < 4.78 is 27.7. The van der Waals surface area contributed by atoms with Gasteiger partial charge >= 0.3 is 12.1 Å². The lowest BCUT2D eigenvalue weighted by molar-refractivity contribution is -0.149. The van der Waals surface area contributed by atoms with E-state index in [1.807, 2.05) is 24.3 Å². The molecule has 7 heteroatoms. The molecule has 0 fully saturated rings. The van der Waals surface area contributed by atoms with Gasteiger partial charge < -0.3 is 14.2 Å². The third-order valence-corrected chi connectivity index (χ3v) is 3.51. The molecule has 2 aromatic rings. The molecule has 6 nitrogen and oxygen atoms in total. The number of hydrogen-bond donors (Lipinski definition) is 1. The second kappa shape index (κ2) is 9.41. The van der Waals surface area contributed by atoms with Crippen LogP contribution in [0.25, 0.3) is 0 Å². The van der Waals surface area contributed by atoms with E-state index < -0.39 is 17.9 Å². The van der Waals surface area contributed by atoms with E-state index in [0.29, 0.717) is 13.0 Å². The fourth-order valence-electron chi connectivity index (χ4n) is 2.11. The zero-order chi connectivity index (χ0) is 18.9. The molecule has 2 heterocycles. The average Bonchev–Trinajstić information content (AvgIpc) is 2.64. The van der Waals surface area contributed by atoms with E-state index in [0.717, 1.165) is 11.3 Å². The predicted molar refractivity (Wildman–Crippen MR) is 93.4 cm³/mol. The molecule has 2 aliphatic heterocycles. The Morgan fingerprint density at radius 2 is 1.92 bits per heavy atom. The minimum Gasteiger partial charge on any atom is -0.476 e. The molecule has 0 spiro atoms. The van der Waals surface area contributed by atoms with Gasteiger partial charge in [0.15, 0.2) is 17.7 Å². The topological polar surface area (TPSA) is 73.9 Å². The second-order valence-electron chi connectivity index (χ2n) is 5.37. The number of rotatable bonds is 4. The van der Waals surface area contributed by atoms with Crippen molar-refractivity contribution in [1.82, 2.24) is 0 Å². The number of halogens is 1. The highest BCUT2D eigenvalue weighted by atomic mass is 19.1. The number of benzene rings is 2. The molecule has 1 atom stereocenters. The zero-order valence-electron chi connectivity index (χ0n) is 14.5. The highest BCUT2D eigenvalue weighted by molar-refractivity contribution is 5.85. The number of fused-ring (bicyclic) bond motifs is 5. The van der Waals surface area contributed by atoms with E-state index in [4.69, 9.17) is 9.47 Å². The first kappa shape index (κ1) is 19.2. The van der Waals surface area contributed by atoms with Crippen molar-refractivity contribution in [1.29, 1.82) is 0 Å². The van der Waals surface area contributed by atoms with Crippen LogP contribution in [-0.2, 0) is 20.9 Å². The Hall–Kier alpha value is -3.09. The van der Waals surface area contributed by atoms with Gasteiger partial charge in [-0.1, -0.05) is 31.2 Å². The van der Waals surface area contributed by atoms with Crippen LogP contribution in [0.2, 0.25) is 0 Å². The lowest BCUT2D eigenvalue weighted by Gasteiger charge is -2.15. The Morgan fingerprint density at radius 1 is 1.23 bits per heavy atom. The molecule has 0 saturated carbocycles. The van der Waals surface area contributed by atoms with Crippen LogP contribution in [-0.4, -0.2) is 25.3 Å². The van der Waals surface area contributed by atoms with Crippen LogP contribution in [0.5, 0.6) is 5.75 Å². The number of carbonyl (C=O) groups excluding carboxylic acids is 2. The zero-order valence-corrected chi connectivity index (χ0v) is 14.5. The summed E-state index contributed by atoms with van der Waals surface area (Å²) in [5.74, 6) is -0.921. The number of esters is 1. The van der Waals surface area contributed by atoms with Crippen LogP contribution in [0.1, 0.15) is 18.9 Å². The van der Waals surface area contributed by atoms with Crippen LogP contribution in [0.3, 0.4) is 0 Å². The Kier molecular flexibility index (Phi) is 6.96. The monoisotopic (exact) mass is 361 g/mol. The number of methoxy groups -OCH3 is 1. The van der Waals surface area contributed by atoms with Crippen molar-refractivity contribution in [3.63, 3.8) is 0 Å². The minimum absolute atomic E-state index is 0.0646. The number of ether oxygens (including phenoxy) is 3. The highest BCUT2D eigenvalue weighted by Crippen LogP contribution is 2.18. The van der Waals surface area contributed by atoms with Crippen LogP contribution < -0.4 is 10.1 Å². The first-order valence-corrected chi connectivity index (χ1v) is 8.05. The lowest BCUT2D eigenvalue weighted by Crippen LogP contribution is -2.28. The molecule has 26 heavy (non-hydrogen) atoms. The number of amides is 1. The van der Waals surface area contributed by atoms with E-state index in [2.05, 4.69) is 10.1 Å². The Labute approximate surface area is 150 Å². The molecule has 0 radical (unpaired) electrons. The summed E-state index contributed by atoms with van der Waals surface area (Å²) in [5.41, 5.74) is 1.79. The van der Waals surface area contributed by atoms with E-state index in [1.165, 1.54) is 19.2 Å². The van der Waals surface area contributed by atoms with Gasteiger partial charge in [-0.15, -0.1) is 0 Å². The van der Waals surface area contributed by atoms with Crippen molar-refractivity contribution < 1.29 is 28.2 Å². The van der Waals surface area contributed by atoms with Crippen molar-refractivity contribution in [2.75, 3.05) is 12.4 Å². The van der Waals surface area contributed by atoms with Crippen molar-refractivity contribution in [3.8, 4) is 5.75 Å². The smallest absolute Gasteiger partial charge is 0.411 e. The van der Waals surface area contributed by atoms with E-state index >= 15 is 0 Å². The summed E-state index contributed by atoms with van der Waals surface area (Å²) in [6.45, 7) is 2.12. The molecule has 1 amide bonds. The molecule has 0 saturated heterocycles. The third kappa shape index (κ3) is 5.47. The van der Waals surface area contributed by atoms with Crippen LogP contribution >= 0.6 is 0 Å². The molecule has 2 bridgehead atoms. The normalized spacial score (nSPS) is 13.1. The number of anilines is 1. The van der Waals surface area contributed by atoms with E-state index in [-0.39, 0.29) is 11.8 Å². The fraction of sp³-hybridized carbons (Fsp3) is 0.263. The van der Waals surface area contributed by atoms with Gasteiger partial charge in [-0.25, -0.2) is 14.0 Å². The Morgan fingerprint density at radius 3 is 2.54 bits per heavy atom. The first-order chi connectivity index (χ1) is 12.5. The maximum Gasteiger partial charge on any atom is 0.411 e. The van der Waals surface area contributed by atoms with Crippen molar-refractivity contribution in [3.05, 3.63) is 59.9 Å². The fourth-order valence-corrected chi connectivity index (χ4v) is 2.11. The van der Waals surface area contributed by atoms with Crippen molar-refractivity contribution in [2.24, 2.45) is 0 Å². The molecule has 1 unspecified atom stereocenters. The quantitative estimate of drug-likeness (QED) is 0.836. The molecule has 0 aromatic heterocycles. The van der Waals surface area contributed by atoms with Crippen LogP contribution in [0.15, 0.2) is 48.5 Å². The first-order valence-electron chi connectivity index (χ1n) is 8.05. The molecular formula is C19H20FNO5. The SMILES string of the molecule is CCC(Oc1ccccc1F)C(=O)OC.O=C1Nc2ccc(cc2)CO1. The highest BCUT2D eigenvalue weighted by Gasteiger charge is 2.19. The molecule has 4 rings (SSSR count). The number of carbonyl (C=O) groups is 2. The average molecular weight is 361 g/mol. The van der Waals surface area contributed by atoms with Gasteiger partial charge in [-0.3, -0.25) is 5.32 Å².